The van der Waals surface area contributed by atoms with Gasteiger partial charge in [-0.1, -0.05) is 48.1 Å². The first-order chi connectivity index (χ1) is 42.8. The largest absolute Gasteiger partial charge is 0.460 e. The van der Waals surface area contributed by atoms with E-state index in [1.165, 1.54) is 25.5 Å². The van der Waals surface area contributed by atoms with Gasteiger partial charge in [0.2, 0.25) is 15.9 Å². The molecule has 32 atom stereocenters. The molecule has 0 radical (unpaired) electrons. The molecule has 12 saturated carbocycles. The van der Waals surface area contributed by atoms with E-state index in [-0.39, 0.29) is 83.4 Å². The maximum absolute atomic E-state index is 13.3. The molecule has 0 heterocycles. The summed E-state index contributed by atoms with van der Waals surface area (Å²) in [6.45, 7) is 36.5. The molecule has 21 nitrogen and oxygen atoms in total. The molecule has 32 unspecified atom stereocenters. The van der Waals surface area contributed by atoms with Crippen LogP contribution in [0, 0.1) is 178 Å². The maximum atomic E-state index is 13.3. The molecule has 0 aliphatic heterocycles. The zero-order valence-corrected chi connectivity index (χ0v) is 57.0. The molecule has 0 aromatic rings. The molecule has 12 bridgehead atoms. The van der Waals surface area contributed by atoms with Crippen LogP contribution in [-0.4, -0.2) is 93.6 Å². The molecular weight excluding hydrogens is 1190 g/mol. The third-order valence-electron chi connectivity index (χ3n) is 26.0. The minimum absolute atomic E-state index is 0.0515. The molecule has 510 valence electrons. The number of sulfonamides is 1. The Bertz CT molecular complexity index is 2950. The van der Waals surface area contributed by atoms with Gasteiger partial charge >= 0.3 is 35.8 Å². The lowest BCUT2D eigenvalue weighted by Crippen LogP contribution is -2.49. The number of hydrogen-bond donors (Lipinski definition) is 4. The maximum Gasteiger partial charge on any atom is 0.317 e. The van der Waals surface area contributed by atoms with Crippen molar-refractivity contribution in [3.05, 3.63) is 36.8 Å². The van der Waals surface area contributed by atoms with E-state index in [1.54, 1.807) is 25.7 Å². The predicted octanol–water partition coefficient (Wildman–Crippen LogP) is 9.24. The van der Waals surface area contributed by atoms with E-state index >= 15 is 0 Å². The number of nitrogens with two attached hydrogens (primary N) is 1. The van der Waals surface area contributed by atoms with Crippen molar-refractivity contribution >= 4 is 45.8 Å². The topological polar surface area (TPSA) is 290 Å². The standard InChI is InChI=1S/C23H35NO7S.C23H35NO6.C23H35NO5/c1-10-11(2)14-8-13(10)17-15-9-16(18(14)17)20(22(26)30-23(4,5)6)19(15)21(25)29-12(3)31-24-32(7,27)28;1-6-28-13(5)29-23(26)21-17-8-16(20(21)22(25)24-9-10(2)30-27)18-14-7-15(19(17)18)12(4)11(14)3;1-6-27-13(5)29-23(26)21-17-8-16(20(21)22(25)28-10(2)9-24)18-14-7-15(19(17)18)12(4)11(14)3/h10-11,13-20,24H,3,8-9H2,1-2,4-7H3;9,11-21,27H,6-8H2,1-5H3,(H,24,25);11-21H,2,6-9,24H2,1,3-5H3. The minimum atomic E-state index is -3.65. The Morgan fingerprint density at radius 1 is 0.549 bits per heavy atom. The second-order valence-corrected chi connectivity index (χ2v) is 32.6. The number of carbonyl (C=O) groups is 6. The van der Waals surface area contributed by atoms with Crippen LogP contribution in [0.1, 0.15) is 135 Å². The van der Waals surface area contributed by atoms with Crippen molar-refractivity contribution < 1.29 is 85.3 Å². The molecule has 1 amide bonds. The van der Waals surface area contributed by atoms with Gasteiger partial charge in [0, 0.05) is 19.4 Å². The van der Waals surface area contributed by atoms with Crippen molar-refractivity contribution in [2.45, 2.75) is 154 Å². The SMILES string of the molecule is C=C(CN)OC(=O)C1C2CC(C1C(=O)OC(C)OCC)C1C3CC(C(C)C3C)C21.C=C(ONS(C)(=O)=O)OC(=O)C1C2CC(C1C(=O)OC(C)(C)C)C1C3CC(C(C)C3C)C21.CCOC(C)OC(=O)C1C2CC(C1C(=O)NC=C(C)OO)C1C3CC(C(C)C3C)C21. The van der Waals surface area contributed by atoms with Gasteiger partial charge in [0.05, 0.1) is 48.3 Å². The van der Waals surface area contributed by atoms with E-state index in [2.05, 4.69) is 64.9 Å². The first-order valence-electron chi connectivity index (χ1n) is 34.1. The Hall–Kier alpha value is -4.61. The fourth-order valence-electron chi connectivity index (χ4n) is 23.0. The number of allylic oxidation sites excluding steroid dienone is 1. The van der Waals surface area contributed by atoms with E-state index in [4.69, 9.17) is 49.0 Å². The third-order valence-corrected chi connectivity index (χ3v) is 26.4. The quantitative estimate of drug-likeness (QED) is 0.0168. The summed E-state index contributed by atoms with van der Waals surface area (Å²) in [5.41, 5.74) is 4.91. The average Bonchev–Trinajstić information content (AvgIpc) is 1.55. The highest BCUT2D eigenvalue weighted by Crippen LogP contribution is 2.76. The summed E-state index contributed by atoms with van der Waals surface area (Å²) < 4.78 is 61.0. The molecule has 12 rings (SSSR count). The van der Waals surface area contributed by atoms with Gasteiger partial charge in [-0.25, -0.2) is 13.7 Å². The first kappa shape index (κ1) is 69.2. The highest BCUT2D eigenvalue weighted by atomic mass is 32.2. The second kappa shape index (κ2) is 26.5. The minimum Gasteiger partial charge on any atom is -0.460 e. The number of amides is 1. The fraction of sp³-hybridized carbons (Fsp3) is 0.826. The van der Waals surface area contributed by atoms with E-state index in [0.717, 1.165) is 25.5 Å². The third kappa shape index (κ3) is 12.6. The zero-order chi connectivity index (χ0) is 66.5. The number of fused-ring (bicyclic) bond motifs is 27. The molecule has 5 N–H and O–H groups in total. The summed E-state index contributed by atoms with van der Waals surface area (Å²) in [5, 5.41) is 11.5. The van der Waals surface area contributed by atoms with Crippen LogP contribution in [0.4, 0.5) is 0 Å². The zero-order valence-electron chi connectivity index (χ0n) is 56.2. The van der Waals surface area contributed by atoms with Crippen molar-refractivity contribution in [2.24, 2.45) is 183 Å². The molecule has 12 fully saturated rings. The van der Waals surface area contributed by atoms with Crippen molar-refractivity contribution in [1.82, 2.24) is 10.2 Å². The first-order valence-corrected chi connectivity index (χ1v) is 36.0. The molecule has 12 aliphatic rings. The Morgan fingerprint density at radius 2 is 0.868 bits per heavy atom. The van der Waals surface area contributed by atoms with Crippen LogP contribution >= 0.6 is 0 Å². The Kier molecular flexibility index (Phi) is 20.2. The van der Waals surface area contributed by atoms with Gasteiger partial charge in [-0.15, -0.1) is 0 Å². The van der Waals surface area contributed by atoms with Gasteiger partial charge in [-0.05, 0) is 247 Å². The number of ether oxygens (including phenoxy) is 7. The average molecular weight is 1300 g/mol. The molecular formula is C69H105N3O18S. The monoisotopic (exact) mass is 1300 g/mol. The predicted molar refractivity (Wildman–Crippen MR) is 331 cm³/mol. The normalized spacial score (nSPS) is 43.9. The van der Waals surface area contributed by atoms with Crippen LogP contribution in [0.2, 0.25) is 0 Å². The van der Waals surface area contributed by atoms with Crippen LogP contribution in [0.3, 0.4) is 0 Å². The van der Waals surface area contributed by atoms with Crippen molar-refractivity contribution in [3.63, 3.8) is 0 Å². The summed E-state index contributed by atoms with van der Waals surface area (Å²) in [6.07, 6.45) is 7.31. The highest BCUT2D eigenvalue weighted by molar-refractivity contribution is 7.88. The van der Waals surface area contributed by atoms with Gasteiger partial charge in [0.15, 0.2) is 18.3 Å². The van der Waals surface area contributed by atoms with Crippen LogP contribution < -0.4 is 15.9 Å². The summed E-state index contributed by atoms with van der Waals surface area (Å²) in [7, 11) is -3.65. The van der Waals surface area contributed by atoms with E-state index in [1.807, 2.05) is 34.6 Å². The number of carbonyl (C=O) groups excluding carboxylic acids is 6. The number of hydrogen-bond acceptors (Lipinski definition) is 19. The molecule has 0 saturated heterocycles. The van der Waals surface area contributed by atoms with Crippen LogP contribution in [0.5, 0.6) is 0 Å². The molecule has 0 aromatic carbocycles. The summed E-state index contributed by atoms with van der Waals surface area (Å²) >= 11 is 0. The van der Waals surface area contributed by atoms with Crippen molar-refractivity contribution in [2.75, 3.05) is 26.0 Å². The molecule has 22 heteroatoms. The van der Waals surface area contributed by atoms with E-state index < -0.39 is 75.6 Å². The van der Waals surface area contributed by atoms with Gasteiger partial charge in [-0.3, -0.25) is 28.8 Å². The molecule has 91 heavy (non-hydrogen) atoms. The van der Waals surface area contributed by atoms with E-state index in [9.17, 15) is 37.2 Å². The fourth-order valence-corrected chi connectivity index (χ4v) is 23.2. The molecule has 0 aromatic heterocycles. The number of nitrogens with one attached hydrogen (secondary N) is 2. The van der Waals surface area contributed by atoms with Gasteiger partial charge in [0.1, 0.15) is 11.4 Å². The second-order valence-electron chi connectivity index (χ2n) is 30.9. The lowest BCUT2D eigenvalue weighted by atomic mass is 9.59. The summed E-state index contributed by atoms with van der Waals surface area (Å²) in [5.74, 6) is 6.47. The lowest BCUT2D eigenvalue weighted by molar-refractivity contribution is -0.202. The van der Waals surface area contributed by atoms with Crippen molar-refractivity contribution in [1.29, 1.82) is 0 Å². The van der Waals surface area contributed by atoms with Gasteiger partial charge in [-0.2, -0.15) is 0 Å². The summed E-state index contributed by atoms with van der Waals surface area (Å²) in [6, 6.07) is 0. The lowest BCUT2D eigenvalue weighted by Gasteiger charge is -2.45. The van der Waals surface area contributed by atoms with Crippen LogP contribution in [-0.2, 0) is 81.7 Å². The van der Waals surface area contributed by atoms with Gasteiger partial charge in [0.25, 0.3) is 0 Å². The Balaban J connectivity index is 0.000000150. The van der Waals surface area contributed by atoms with Gasteiger partial charge < -0.3 is 53.9 Å². The van der Waals surface area contributed by atoms with E-state index in [0.29, 0.717) is 120 Å². The Labute approximate surface area is 538 Å². The Morgan fingerprint density at radius 3 is 1.20 bits per heavy atom. The molecule has 0 spiro atoms. The van der Waals surface area contributed by atoms with Crippen molar-refractivity contribution in [3.8, 4) is 0 Å². The smallest absolute Gasteiger partial charge is 0.317 e. The molecule has 12 aliphatic carbocycles. The van der Waals surface area contributed by atoms with Crippen LogP contribution in [0.25, 0.3) is 0 Å². The highest BCUT2D eigenvalue weighted by Gasteiger charge is 2.74. The number of rotatable bonds is 20. The van der Waals surface area contributed by atoms with Crippen LogP contribution in [0.15, 0.2) is 36.8 Å². The summed E-state index contributed by atoms with van der Waals surface area (Å²) in [4.78, 5) is 89.9. The number of esters is 5.